The molecule has 5 heteroatoms. The fourth-order valence-electron chi connectivity index (χ4n) is 1.45. The number of benzene rings is 1. The normalized spacial score (nSPS) is 10.0. The average Bonchev–Trinajstić information content (AvgIpc) is 2.29. The summed E-state index contributed by atoms with van der Waals surface area (Å²) in [4.78, 5) is 14.2. The molecule has 0 radical (unpaired) electrons. The fraction of sp³-hybridized carbons (Fsp3) is 0. The van der Waals surface area contributed by atoms with Gasteiger partial charge in [-0.2, -0.15) is 0 Å². The van der Waals surface area contributed by atoms with E-state index in [0.717, 1.165) is 0 Å². The second-order valence-corrected chi connectivity index (χ2v) is 3.19. The Morgan fingerprint density at radius 1 is 1.19 bits per heavy atom. The predicted molar refractivity (Wildman–Crippen MR) is 58.0 cm³/mol. The minimum Gasteiger partial charge on any atom is -0.508 e. The average molecular weight is 216 g/mol. The molecule has 0 spiro atoms. The Hall–Kier alpha value is -2.43. The van der Waals surface area contributed by atoms with Gasteiger partial charge in [0.15, 0.2) is 0 Å². The van der Waals surface area contributed by atoms with E-state index in [9.17, 15) is 15.2 Å². The van der Waals surface area contributed by atoms with Crippen LogP contribution in [0, 0.1) is 10.1 Å². The highest BCUT2D eigenvalue weighted by atomic mass is 16.6. The standard InChI is InChI=1S/C11H8N2O3/c14-9-1-2-11(13(15)16)10(7-9)8-3-5-12-6-4-8/h1-7,14H. The van der Waals surface area contributed by atoms with Crippen LogP contribution >= 0.6 is 0 Å². The first kappa shape index (κ1) is 10.1. The van der Waals surface area contributed by atoms with Gasteiger partial charge in [0.25, 0.3) is 5.69 Å². The first-order valence-corrected chi connectivity index (χ1v) is 4.56. The number of aromatic nitrogens is 1. The van der Waals surface area contributed by atoms with Crippen LogP contribution < -0.4 is 0 Å². The molecule has 0 atom stereocenters. The number of hydrogen-bond donors (Lipinski definition) is 1. The summed E-state index contributed by atoms with van der Waals surface area (Å²) in [7, 11) is 0. The Bertz CT molecular complexity index is 526. The smallest absolute Gasteiger partial charge is 0.277 e. The number of phenolic OH excluding ortho intramolecular Hbond substituents is 1. The molecule has 2 rings (SSSR count). The molecular weight excluding hydrogens is 208 g/mol. The number of nitro benzene ring substituents is 1. The minimum absolute atomic E-state index is 0.00240. The molecule has 0 aliphatic carbocycles. The molecule has 0 amide bonds. The molecular formula is C11H8N2O3. The van der Waals surface area contributed by atoms with Gasteiger partial charge in [0.1, 0.15) is 5.75 Å². The Morgan fingerprint density at radius 2 is 1.88 bits per heavy atom. The van der Waals surface area contributed by atoms with Gasteiger partial charge in [-0.05, 0) is 29.8 Å². The molecule has 0 aliphatic heterocycles. The zero-order valence-electron chi connectivity index (χ0n) is 8.20. The second-order valence-electron chi connectivity index (χ2n) is 3.19. The van der Waals surface area contributed by atoms with Gasteiger partial charge in [0, 0.05) is 18.5 Å². The summed E-state index contributed by atoms with van der Waals surface area (Å²) >= 11 is 0. The summed E-state index contributed by atoms with van der Waals surface area (Å²) in [6.45, 7) is 0. The molecule has 1 aromatic heterocycles. The van der Waals surface area contributed by atoms with Crippen molar-refractivity contribution in [3.63, 3.8) is 0 Å². The van der Waals surface area contributed by atoms with Crippen LogP contribution in [0.25, 0.3) is 11.1 Å². The van der Waals surface area contributed by atoms with Gasteiger partial charge in [0.05, 0.1) is 10.5 Å². The van der Waals surface area contributed by atoms with Crippen LogP contribution in [0.2, 0.25) is 0 Å². The Labute approximate surface area is 91.2 Å². The van der Waals surface area contributed by atoms with E-state index in [4.69, 9.17) is 0 Å². The molecule has 1 heterocycles. The molecule has 0 bridgehead atoms. The second kappa shape index (κ2) is 3.98. The van der Waals surface area contributed by atoms with E-state index in [1.165, 1.54) is 18.2 Å². The lowest BCUT2D eigenvalue weighted by Gasteiger charge is -2.03. The summed E-state index contributed by atoms with van der Waals surface area (Å²) in [6, 6.07) is 7.25. The summed E-state index contributed by atoms with van der Waals surface area (Å²) < 4.78 is 0. The number of aromatic hydroxyl groups is 1. The van der Waals surface area contributed by atoms with Crippen LogP contribution in [0.15, 0.2) is 42.7 Å². The summed E-state index contributed by atoms with van der Waals surface area (Å²) in [6.07, 6.45) is 3.09. The van der Waals surface area contributed by atoms with Crippen molar-refractivity contribution >= 4 is 5.69 Å². The highest BCUT2D eigenvalue weighted by molar-refractivity contribution is 5.74. The predicted octanol–water partition coefficient (Wildman–Crippen LogP) is 2.36. The summed E-state index contributed by atoms with van der Waals surface area (Å²) in [5.41, 5.74) is 0.994. The van der Waals surface area contributed by atoms with E-state index in [0.29, 0.717) is 11.1 Å². The maximum Gasteiger partial charge on any atom is 0.277 e. The van der Waals surface area contributed by atoms with Crippen molar-refractivity contribution in [3.05, 3.63) is 52.8 Å². The topological polar surface area (TPSA) is 76.3 Å². The van der Waals surface area contributed by atoms with Crippen molar-refractivity contribution < 1.29 is 10.0 Å². The summed E-state index contributed by atoms with van der Waals surface area (Å²) in [5.74, 6) is -0.00240. The van der Waals surface area contributed by atoms with Gasteiger partial charge >= 0.3 is 0 Å². The maximum atomic E-state index is 10.8. The maximum absolute atomic E-state index is 10.8. The van der Waals surface area contributed by atoms with Crippen LogP contribution in [-0.4, -0.2) is 15.0 Å². The quantitative estimate of drug-likeness (QED) is 0.617. The fourth-order valence-corrected chi connectivity index (χ4v) is 1.45. The zero-order valence-corrected chi connectivity index (χ0v) is 8.20. The number of nitro groups is 1. The van der Waals surface area contributed by atoms with E-state index in [-0.39, 0.29) is 11.4 Å². The lowest BCUT2D eigenvalue weighted by molar-refractivity contribution is -0.384. The number of nitrogens with zero attached hydrogens (tertiary/aromatic N) is 2. The van der Waals surface area contributed by atoms with Crippen molar-refractivity contribution in [2.45, 2.75) is 0 Å². The van der Waals surface area contributed by atoms with Crippen LogP contribution in [-0.2, 0) is 0 Å². The Balaban J connectivity index is 2.63. The van der Waals surface area contributed by atoms with Crippen molar-refractivity contribution in [2.75, 3.05) is 0 Å². The van der Waals surface area contributed by atoms with E-state index >= 15 is 0 Å². The molecule has 0 saturated carbocycles. The van der Waals surface area contributed by atoms with Crippen LogP contribution in [0.5, 0.6) is 5.75 Å². The van der Waals surface area contributed by atoms with E-state index in [1.807, 2.05) is 0 Å². The van der Waals surface area contributed by atoms with Crippen LogP contribution in [0.1, 0.15) is 0 Å². The van der Waals surface area contributed by atoms with Crippen molar-refractivity contribution in [1.29, 1.82) is 0 Å². The van der Waals surface area contributed by atoms with Crippen molar-refractivity contribution in [2.24, 2.45) is 0 Å². The lowest BCUT2D eigenvalue weighted by Crippen LogP contribution is -1.91. The molecule has 2 aromatic rings. The monoisotopic (exact) mass is 216 g/mol. The van der Waals surface area contributed by atoms with Crippen LogP contribution in [0.3, 0.4) is 0 Å². The van der Waals surface area contributed by atoms with Gasteiger partial charge in [-0.15, -0.1) is 0 Å². The SMILES string of the molecule is O=[N+]([O-])c1ccc(O)cc1-c1ccncc1. The molecule has 0 fully saturated rings. The molecule has 0 unspecified atom stereocenters. The summed E-state index contributed by atoms with van der Waals surface area (Å²) in [5, 5.41) is 20.2. The van der Waals surface area contributed by atoms with E-state index < -0.39 is 4.92 Å². The van der Waals surface area contributed by atoms with E-state index in [1.54, 1.807) is 24.5 Å². The molecule has 0 aliphatic rings. The largest absolute Gasteiger partial charge is 0.508 e. The van der Waals surface area contributed by atoms with Gasteiger partial charge < -0.3 is 5.11 Å². The first-order valence-electron chi connectivity index (χ1n) is 4.56. The third-order valence-corrected chi connectivity index (χ3v) is 2.17. The number of phenols is 1. The number of rotatable bonds is 2. The van der Waals surface area contributed by atoms with Crippen molar-refractivity contribution in [1.82, 2.24) is 4.98 Å². The van der Waals surface area contributed by atoms with Gasteiger partial charge in [-0.1, -0.05) is 0 Å². The van der Waals surface area contributed by atoms with Crippen molar-refractivity contribution in [3.8, 4) is 16.9 Å². The van der Waals surface area contributed by atoms with Gasteiger partial charge in [0.2, 0.25) is 0 Å². The highest BCUT2D eigenvalue weighted by Crippen LogP contribution is 2.32. The Kier molecular flexibility index (Phi) is 2.51. The first-order chi connectivity index (χ1) is 7.68. The molecule has 80 valence electrons. The third kappa shape index (κ3) is 1.83. The Morgan fingerprint density at radius 3 is 2.50 bits per heavy atom. The minimum atomic E-state index is -0.477. The van der Waals surface area contributed by atoms with E-state index in [2.05, 4.69) is 4.98 Å². The number of pyridine rings is 1. The highest BCUT2D eigenvalue weighted by Gasteiger charge is 2.15. The molecule has 1 N–H and O–H groups in total. The van der Waals surface area contributed by atoms with Crippen LogP contribution in [0.4, 0.5) is 5.69 Å². The zero-order chi connectivity index (χ0) is 11.5. The molecule has 16 heavy (non-hydrogen) atoms. The molecule has 5 nitrogen and oxygen atoms in total. The lowest BCUT2D eigenvalue weighted by atomic mass is 10.0. The third-order valence-electron chi connectivity index (χ3n) is 2.17. The molecule has 1 aromatic carbocycles. The molecule has 0 saturated heterocycles. The van der Waals surface area contributed by atoms with Gasteiger partial charge in [-0.3, -0.25) is 15.1 Å². The van der Waals surface area contributed by atoms with Gasteiger partial charge in [-0.25, -0.2) is 0 Å². The number of hydrogen-bond acceptors (Lipinski definition) is 4.